The van der Waals surface area contributed by atoms with Gasteiger partial charge in [0.1, 0.15) is 0 Å². The van der Waals surface area contributed by atoms with Crippen LogP contribution in [0.15, 0.2) is 84.0 Å². The highest BCUT2D eigenvalue weighted by Gasteiger charge is 2.00. The summed E-state index contributed by atoms with van der Waals surface area (Å²) in [6, 6.07) is 10.2. The minimum Gasteiger partial charge on any atom is -0.294 e. The quantitative estimate of drug-likeness (QED) is 0.466. The third-order valence-electron chi connectivity index (χ3n) is 3.19. The van der Waals surface area contributed by atoms with Crippen molar-refractivity contribution < 1.29 is 4.79 Å². The monoisotopic (exact) mass is 292 g/mol. The summed E-state index contributed by atoms with van der Waals surface area (Å²) in [5.41, 5.74) is 3.04. The minimum absolute atomic E-state index is 0.150. The standard InChI is InChI=1S/C21H24O/c1-4-6-11-18(3)21(22)15-10-14-19(5-2)16-17-20-12-8-7-9-13-20/h4-14,16-17H,15H2,1-3H3/b6-4-,14-10-,17-16+,18-11+,19-5?. The number of carbonyl (C=O) groups excluding carboxylic acids is 1. The molecule has 0 N–H and O–H groups in total. The van der Waals surface area contributed by atoms with E-state index in [1.807, 2.05) is 75.4 Å². The van der Waals surface area contributed by atoms with E-state index in [0.717, 1.165) is 16.7 Å². The van der Waals surface area contributed by atoms with E-state index in [4.69, 9.17) is 0 Å². The van der Waals surface area contributed by atoms with E-state index in [1.54, 1.807) is 0 Å². The molecule has 1 rings (SSSR count). The van der Waals surface area contributed by atoms with Gasteiger partial charge in [0.15, 0.2) is 5.78 Å². The zero-order valence-electron chi connectivity index (χ0n) is 13.6. The van der Waals surface area contributed by atoms with E-state index in [-0.39, 0.29) is 5.78 Å². The third-order valence-corrected chi connectivity index (χ3v) is 3.19. The van der Waals surface area contributed by atoms with Gasteiger partial charge in [0.25, 0.3) is 0 Å². The van der Waals surface area contributed by atoms with E-state index in [0.29, 0.717) is 6.42 Å². The second-order valence-corrected chi connectivity index (χ2v) is 4.94. The SMILES string of the molecule is CC=C(/C=C\CC(=O)/C(C)=C/C=C\C)/C=C/c1ccccc1. The second-order valence-electron chi connectivity index (χ2n) is 4.94. The highest BCUT2D eigenvalue weighted by atomic mass is 16.1. The van der Waals surface area contributed by atoms with Gasteiger partial charge >= 0.3 is 0 Å². The van der Waals surface area contributed by atoms with Crippen LogP contribution < -0.4 is 0 Å². The average molecular weight is 292 g/mol. The van der Waals surface area contributed by atoms with Gasteiger partial charge in [0.2, 0.25) is 0 Å². The molecule has 0 radical (unpaired) electrons. The Balaban J connectivity index is 2.60. The first-order valence-electron chi connectivity index (χ1n) is 7.56. The number of Topliss-reactive ketones (excluding diaryl/α,β-unsaturated/α-hetero) is 1. The smallest absolute Gasteiger partial charge is 0.162 e. The summed E-state index contributed by atoms with van der Waals surface area (Å²) >= 11 is 0. The molecule has 0 heterocycles. The van der Waals surface area contributed by atoms with Crippen LogP contribution in [0.2, 0.25) is 0 Å². The fraction of sp³-hybridized carbons (Fsp3) is 0.190. The number of carbonyl (C=O) groups is 1. The molecule has 1 aromatic rings. The summed E-state index contributed by atoms with van der Waals surface area (Å²) in [4.78, 5) is 11.9. The maximum Gasteiger partial charge on any atom is 0.162 e. The molecule has 0 bridgehead atoms. The van der Waals surface area contributed by atoms with E-state index in [9.17, 15) is 4.79 Å². The van der Waals surface area contributed by atoms with Crippen molar-refractivity contribution in [1.82, 2.24) is 0 Å². The number of rotatable bonds is 7. The number of ketones is 1. The number of hydrogen-bond acceptors (Lipinski definition) is 1. The van der Waals surface area contributed by atoms with Gasteiger partial charge in [-0.15, -0.1) is 0 Å². The number of hydrogen-bond donors (Lipinski definition) is 0. The molecule has 0 fully saturated rings. The van der Waals surface area contributed by atoms with E-state index in [1.165, 1.54) is 0 Å². The molecule has 0 unspecified atom stereocenters. The van der Waals surface area contributed by atoms with Crippen LogP contribution in [-0.2, 0) is 4.79 Å². The lowest BCUT2D eigenvalue weighted by Crippen LogP contribution is -1.96. The van der Waals surface area contributed by atoms with Gasteiger partial charge < -0.3 is 0 Å². The Morgan fingerprint density at radius 2 is 1.82 bits per heavy atom. The first-order chi connectivity index (χ1) is 10.7. The van der Waals surface area contributed by atoms with Crippen LogP contribution >= 0.6 is 0 Å². The highest BCUT2D eigenvalue weighted by Crippen LogP contribution is 2.08. The molecule has 0 amide bonds. The molecule has 0 atom stereocenters. The van der Waals surface area contributed by atoms with E-state index < -0.39 is 0 Å². The fourth-order valence-corrected chi connectivity index (χ4v) is 1.80. The Morgan fingerprint density at radius 1 is 1.09 bits per heavy atom. The van der Waals surface area contributed by atoms with E-state index in [2.05, 4.69) is 24.3 Å². The van der Waals surface area contributed by atoms with Gasteiger partial charge in [-0.3, -0.25) is 4.79 Å². The summed E-state index contributed by atoms with van der Waals surface area (Å²) in [5.74, 6) is 0.150. The number of benzene rings is 1. The molecule has 22 heavy (non-hydrogen) atoms. The van der Waals surface area contributed by atoms with Crippen molar-refractivity contribution in [2.45, 2.75) is 27.2 Å². The van der Waals surface area contributed by atoms with Crippen LogP contribution in [0.5, 0.6) is 0 Å². The van der Waals surface area contributed by atoms with Crippen molar-refractivity contribution in [2.24, 2.45) is 0 Å². The third kappa shape index (κ3) is 6.85. The molecule has 0 spiro atoms. The Hall–Kier alpha value is -2.41. The largest absolute Gasteiger partial charge is 0.294 e. The zero-order chi connectivity index (χ0) is 16.2. The molecule has 1 heteroatoms. The van der Waals surface area contributed by atoms with Crippen LogP contribution in [0.4, 0.5) is 0 Å². The highest BCUT2D eigenvalue weighted by molar-refractivity contribution is 5.95. The van der Waals surface area contributed by atoms with Crippen molar-refractivity contribution in [3.05, 3.63) is 89.6 Å². The number of allylic oxidation sites excluding steroid dienone is 9. The molecular weight excluding hydrogens is 268 g/mol. The van der Waals surface area contributed by atoms with Crippen LogP contribution in [0, 0.1) is 0 Å². The molecule has 0 aromatic heterocycles. The van der Waals surface area contributed by atoms with Crippen molar-refractivity contribution in [1.29, 1.82) is 0 Å². The van der Waals surface area contributed by atoms with Crippen molar-refractivity contribution >= 4 is 11.9 Å². The summed E-state index contributed by atoms with van der Waals surface area (Å²) in [6.45, 7) is 5.78. The summed E-state index contributed by atoms with van der Waals surface area (Å²) in [7, 11) is 0. The van der Waals surface area contributed by atoms with Crippen molar-refractivity contribution in [3.63, 3.8) is 0 Å². The lowest BCUT2D eigenvalue weighted by Gasteiger charge is -1.97. The second kappa shape index (κ2) is 10.3. The molecule has 0 aliphatic carbocycles. The molecule has 1 nitrogen and oxygen atoms in total. The Bertz CT molecular complexity index is 611. The molecule has 0 aliphatic rings. The summed E-state index contributed by atoms with van der Waals surface area (Å²) < 4.78 is 0. The van der Waals surface area contributed by atoms with Gasteiger partial charge in [-0.25, -0.2) is 0 Å². The van der Waals surface area contributed by atoms with Crippen LogP contribution in [0.25, 0.3) is 6.08 Å². The lowest BCUT2D eigenvalue weighted by molar-refractivity contribution is -0.114. The normalized spacial score (nSPS) is 13.6. The molecule has 0 saturated carbocycles. The molecule has 1 aromatic carbocycles. The van der Waals surface area contributed by atoms with Gasteiger partial charge in [0, 0.05) is 6.42 Å². The van der Waals surface area contributed by atoms with Crippen molar-refractivity contribution in [3.8, 4) is 0 Å². The summed E-state index contributed by atoms with van der Waals surface area (Å²) in [6.07, 6.45) is 16.1. The predicted octanol–water partition coefficient (Wildman–Crippen LogP) is 5.68. The van der Waals surface area contributed by atoms with Crippen LogP contribution in [-0.4, -0.2) is 5.78 Å². The van der Waals surface area contributed by atoms with E-state index >= 15 is 0 Å². The topological polar surface area (TPSA) is 17.1 Å². The Kier molecular flexibility index (Phi) is 8.29. The van der Waals surface area contributed by atoms with Gasteiger partial charge in [0.05, 0.1) is 0 Å². The minimum atomic E-state index is 0.150. The molecule has 0 saturated heterocycles. The van der Waals surface area contributed by atoms with Gasteiger partial charge in [-0.2, -0.15) is 0 Å². The first-order valence-corrected chi connectivity index (χ1v) is 7.56. The zero-order valence-corrected chi connectivity index (χ0v) is 13.6. The van der Waals surface area contributed by atoms with Crippen LogP contribution in [0.1, 0.15) is 32.8 Å². The molecular formula is C21H24O. The Morgan fingerprint density at radius 3 is 2.45 bits per heavy atom. The van der Waals surface area contributed by atoms with Gasteiger partial charge in [-0.05, 0) is 37.5 Å². The predicted molar refractivity (Wildman–Crippen MR) is 96.6 cm³/mol. The lowest BCUT2D eigenvalue weighted by atomic mass is 10.1. The maximum absolute atomic E-state index is 11.9. The first kappa shape index (κ1) is 17.6. The van der Waals surface area contributed by atoms with Gasteiger partial charge in [-0.1, -0.05) is 78.9 Å². The maximum atomic E-state index is 11.9. The average Bonchev–Trinajstić information content (AvgIpc) is 2.56. The molecule has 0 aliphatic heterocycles. The summed E-state index contributed by atoms with van der Waals surface area (Å²) in [5, 5.41) is 0. The van der Waals surface area contributed by atoms with Crippen LogP contribution in [0.3, 0.4) is 0 Å². The fourth-order valence-electron chi connectivity index (χ4n) is 1.80. The Labute approximate surface area is 134 Å². The van der Waals surface area contributed by atoms with Crippen molar-refractivity contribution in [2.75, 3.05) is 0 Å². The molecule has 114 valence electrons.